The SMILES string of the molecule is CC(C)C(/C=C1/CCNC1=O)c1ccc(-c2ccc3cccc(F)c3c2)[nH]c1=O.CC(C)C(/C=C1\CCNC1=O)c1ccc(-c2ccc3cccc(F)c3c2)[nH]c1=O. The van der Waals surface area contributed by atoms with Gasteiger partial charge in [0, 0.05) is 69.4 Å². The Balaban J connectivity index is 0.000000177. The molecule has 2 fully saturated rings. The van der Waals surface area contributed by atoms with Gasteiger partial charge in [0.25, 0.3) is 11.1 Å². The van der Waals surface area contributed by atoms with E-state index in [-0.39, 0.29) is 58.2 Å². The number of amides is 2. The van der Waals surface area contributed by atoms with Crippen LogP contribution in [0.3, 0.4) is 0 Å². The zero-order valence-corrected chi connectivity index (χ0v) is 32.9. The molecular weight excluding hydrogens is 735 g/mol. The molecule has 0 saturated carbocycles. The Morgan fingerprint density at radius 1 is 0.534 bits per heavy atom. The molecule has 6 aromatic rings. The Morgan fingerprint density at radius 2 is 0.948 bits per heavy atom. The standard InChI is InChI=1S/2C24H23FN2O2/c2*1-14(2)19(13-17-10-11-26-23(17)28)18-8-9-22(27-24(18)29)16-7-6-15-4-3-5-21(25)20(15)12-16/h2*3-9,12-14,19H,10-11H2,1-2H3,(H,26,28)(H,27,29)/b17-13+;17-13-. The van der Waals surface area contributed by atoms with Crippen LogP contribution < -0.4 is 21.8 Å². The molecule has 0 spiro atoms. The van der Waals surface area contributed by atoms with E-state index >= 15 is 0 Å². The van der Waals surface area contributed by atoms with Gasteiger partial charge in [0.05, 0.1) is 0 Å². The fourth-order valence-corrected chi connectivity index (χ4v) is 7.75. The number of allylic oxidation sites excluding steroid dienone is 2. The average Bonchev–Trinajstić information content (AvgIpc) is 3.82. The minimum atomic E-state index is -0.287. The van der Waals surface area contributed by atoms with Gasteiger partial charge in [0.1, 0.15) is 11.6 Å². The molecule has 4 N–H and O–H groups in total. The number of carbonyl (C=O) groups excluding carboxylic acids is 2. The molecule has 2 atom stereocenters. The Labute approximate surface area is 335 Å². The van der Waals surface area contributed by atoms with Crippen molar-refractivity contribution in [2.24, 2.45) is 11.8 Å². The molecule has 10 heteroatoms. The fourth-order valence-electron chi connectivity index (χ4n) is 7.75. The van der Waals surface area contributed by atoms with Gasteiger partial charge in [-0.15, -0.1) is 0 Å². The van der Waals surface area contributed by atoms with Crippen LogP contribution in [0.1, 0.15) is 63.5 Å². The van der Waals surface area contributed by atoms with E-state index in [0.29, 0.717) is 59.2 Å². The first-order valence-corrected chi connectivity index (χ1v) is 19.7. The third-order valence-corrected chi connectivity index (χ3v) is 11.0. The summed E-state index contributed by atoms with van der Waals surface area (Å²) in [4.78, 5) is 55.5. The number of rotatable bonds is 8. The number of aromatic nitrogens is 2. The number of fused-ring (bicyclic) bond motifs is 2. The highest BCUT2D eigenvalue weighted by molar-refractivity contribution is 5.96. The second kappa shape index (κ2) is 17.0. The lowest BCUT2D eigenvalue weighted by Crippen LogP contribution is -2.20. The monoisotopic (exact) mass is 780 g/mol. The Morgan fingerprint density at radius 3 is 1.29 bits per heavy atom. The van der Waals surface area contributed by atoms with Gasteiger partial charge in [-0.05, 0) is 83.0 Å². The summed E-state index contributed by atoms with van der Waals surface area (Å²) in [6, 6.07) is 28.2. The van der Waals surface area contributed by atoms with Crippen LogP contribution in [-0.4, -0.2) is 34.9 Å². The number of carbonyl (C=O) groups is 2. The predicted octanol–water partition coefficient (Wildman–Crippen LogP) is 9.04. The van der Waals surface area contributed by atoms with E-state index in [4.69, 9.17) is 0 Å². The maximum Gasteiger partial charge on any atom is 0.252 e. The first-order chi connectivity index (χ1) is 27.9. The van der Waals surface area contributed by atoms with Gasteiger partial charge in [-0.2, -0.15) is 0 Å². The first-order valence-electron chi connectivity index (χ1n) is 19.7. The van der Waals surface area contributed by atoms with Gasteiger partial charge in [-0.1, -0.05) is 101 Å². The number of hydrogen-bond donors (Lipinski definition) is 4. The summed E-state index contributed by atoms with van der Waals surface area (Å²) < 4.78 is 28.3. The zero-order chi connectivity index (χ0) is 41.1. The lowest BCUT2D eigenvalue weighted by molar-refractivity contribution is -0.117. The third kappa shape index (κ3) is 8.46. The molecule has 58 heavy (non-hydrogen) atoms. The Kier molecular flexibility index (Phi) is 11.6. The van der Waals surface area contributed by atoms with Crippen molar-refractivity contribution in [3.8, 4) is 22.5 Å². The number of aromatic amines is 2. The highest BCUT2D eigenvalue weighted by Crippen LogP contribution is 2.31. The van der Waals surface area contributed by atoms with Crippen molar-refractivity contribution in [2.45, 2.75) is 52.4 Å². The molecule has 2 unspecified atom stereocenters. The fraction of sp³-hybridized carbons (Fsp3) is 0.250. The van der Waals surface area contributed by atoms with Gasteiger partial charge >= 0.3 is 0 Å². The third-order valence-electron chi connectivity index (χ3n) is 11.0. The van der Waals surface area contributed by atoms with Gasteiger partial charge in [0.15, 0.2) is 0 Å². The number of benzene rings is 4. The van der Waals surface area contributed by atoms with Crippen molar-refractivity contribution in [2.75, 3.05) is 13.1 Å². The molecule has 8 rings (SSSR count). The van der Waals surface area contributed by atoms with E-state index in [1.807, 2.05) is 101 Å². The minimum Gasteiger partial charge on any atom is -0.352 e. The Hall–Kier alpha value is -6.42. The smallest absolute Gasteiger partial charge is 0.252 e. The van der Waals surface area contributed by atoms with E-state index < -0.39 is 0 Å². The van der Waals surface area contributed by atoms with Crippen LogP contribution in [0.4, 0.5) is 8.78 Å². The maximum absolute atomic E-state index is 14.1. The molecule has 2 amide bonds. The number of hydrogen-bond acceptors (Lipinski definition) is 4. The number of halogens is 2. The van der Waals surface area contributed by atoms with Crippen LogP contribution in [0.15, 0.2) is 130 Å². The van der Waals surface area contributed by atoms with Crippen LogP contribution in [0.25, 0.3) is 44.1 Å². The van der Waals surface area contributed by atoms with E-state index in [2.05, 4.69) is 20.6 Å². The van der Waals surface area contributed by atoms with E-state index in [1.165, 1.54) is 12.1 Å². The summed E-state index contributed by atoms with van der Waals surface area (Å²) >= 11 is 0. The average molecular weight is 781 g/mol. The summed E-state index contributed by atoms with van der Waals surface area (Å²) in [5, 5.41) is 8.28. The van der Waals surface area contributed by atoms with Crippen molar-refractivity contribution in [1.29, 1.82) is 0 Å². The number of nitrogens with one attached hydrogen (secondary N) is 4. The molecule has 0 aliphatic carbocycles. The molecule has 2 aliphatic heterocycles. The number of H-pyrrole nitrogens is 2. The molecule has 2 aliphatic rings. The van der Waals surface area contributed by atoms with Crippen molar-refractivity contribution in [3.63, 3.8) is 0 Å². The van der Waals surface area contributed by atoms with Crippen molar-refractivity contribution < 1.29 is 18.4 Å². The van der Waals surface area contributed by atoms with Crippen molar-refractivity contribution in [3.05, 3.63) is 164 Å². The van der Waals surface area contributed by atoms with Crippen LogP contribution in [0.5, 0.6) is 0 Å². The highest BCUT2D eigenvalue weighted by atomic mass is 19.1. The lowest BCUT2D eigenvalue weighted by Gasteiger charge is -2.18. The minimum absolute atomic E-state index is 0.0538. The van der Waals surface area contributed by atoms with Gasteiger partial charge in [-0.25, -0.2) is 8.78 Å². The molecule has 4 heterocycles. The van der Waals surface area contributed by atoms with Crippen LogP contribution >= 0.6 is 0 Å². The lowest BCUT2D eigenvalue weighted by atomic mass is 9.87. The van der Waals surface area contributed by atoms with Crippen molar-refractivity contribution in [1.82, 2.24) is 20.6 Å². The second-order valence-corrected chi connectivity index (χ2v) is 15.6. The number of pyridine rings is 2. The molecule has 2 aromatic heterocycles. The molecule has 2 saturated heterocycles. The predicted molar refractivity (Wildman–Crippen MR) is 227 cm³/mol. The Bertz CT molecular complexity index is 2540. The topological polar surface area (TPSA) is 124 Å². The van der Waals surface area contributed by atoms with Gasteiger partial charge < -0.3 is 20.6 Å². The van der Waals surface area contributed by atoms with Crippen LogP contribution in [-0.2, 0) is 9.59 Å². The molecule has 296 valence electrons. The van der Waals surface area contributed by atoms with Gasteiger partial charge in [0.2, 0.25) is 11.8 Å². The zero-order valence-electron chi connectivity index (χ0n) is 32.9. The summed E-state index contributed by atoms with van der Waals surface area (Å²) in [5.41, 5.74) is 5.12. The van der Waals surface area contributed by atoms with E-state index in [9.17, 15) is 28.0 Å². The van der Waals surface area contributed by atoms with Crippen molar-refractivity contribution >= 4 is 33.4 Å². The molecule has 8 nitrogen and oxygen atoms in total. The molecule has 4 aromatic carbocycles. The molecular formula is C48H46F2N4O4. The second-order valence-electron chi connectivity index (χ2n) is 15.6. The van der Waals surface area contributed by atoms with Crippen LogP contribution in [0.2, 0.25) is 0 Å². The summed E-state index contributed by atoms with van der Waals surface area (Å²) in [6.07, 6.45) is 5.20. The van der Waals surface area contributed by atoms with Crippen LogP contribution in [0, 0.1) is 23.5 Å². The summed E-state index contributed by atoms with van der Waals surface area (Å²) in [5.74, 6) is -0.658. The van der Waals surface area contributed by atoms with Gasteiger partial charge in [-0.3, -0.25) is 19.2 Å². The quantitative estimate of drug-likeness (QED) is 0.115. The first kappa shape index (κ1) is 39.8. The molecule has 0 radical (unpaired) electrons. The maximum atomic E-state index is 14.1. The van der Waals surface area contributed by atoms with E-state index in [1.54, 1.807) is 24.3 Å². The molecule has 0 bridgehead atoms. The summed E-state index contributed by atoms with van der Waals surface area (Å²) in [6.45, 7) is 9.43. The van der Waals surface area contributed by atoms with E-state index in [0.717, 1.165) is 33.0 Å². The highest BCUT2D eigenvalue weighted by Gasteiger charge is 2.24. The largest absolute Gasteiger partial charge is 0.352 e. The summed E-state index contributed by atoms with van der Waals surface area (Å²) in [7, 11) is 0. The normalized spacial score (nSPS) is 16.6.